The van der Waals surface area contributed by atoms with E-state index in [-0.39, 0.29) is 0 Å². The monoisotopic (exact) mass is 289 g/mol. The van der Waals surface area contributed by atoms with Gasteiger partial charge in [0.1, 0.15) is 0 Å². The van der Waals surface area contributed by atoms with Gasteiger partial charge < -0.3 is 0 Å². The van der Waals surface area contributed by atoms with Crippen molar-refractivity contribution in [1.29, 1.82) is 0 Å². The summed E-state index contributed by atoms with van der Waals surface area (Å²) in [4.78, 5) is 8.39. The summed E-state index contributed by atoms with van der Waals surface area (Å²) < 4.78 is 1.13. The second-order valence-electron chi connectivity index (χ2n) is 2.28. The zero-order valence-corrected chi connectivity index (χ0v) is 9.52. The molecule has 0 N–H and O–H groups in total. The number of fused-ring (bicyclic) bond motifs is 1. The van der Waals surface area contributed by atoms with Crippen LogP contribution < -0.4 is 4.59 Å². The van der Waals surface area contributed by atoms with Crippen molar-refractivity contribution in [2.45, 2.75) is 0 Å². The molecular formula is C8H5N2Se2. The summed E-state index contributed by atoms with van der Waals surface area (Å²) in [6, 6.07) is 8.07. The van der Waals surface area contributed by atoms with Gasteiger partial charge in [-0.15, -0.1) is 0 Å². The minimum absolute atomic E-state index is 0.322. The Morgan fingerprint density at radius 2 is 2.00 bits per heavy atom. The first-order valence-electron chi connectivity index (χ1n) is 3.41. The molecule has 0 atom stereocenters. The Balaban J connectivity index is 2.79. The number of para-hydroxylation sites is 1. The van der Waals surface area contributed by atoms with Crippen molar-refractivity contribution in [3.8, 4) is 0 Å². The molecule has 1 radical (unpaired) electrons. The number of rotatable bonds is 1. The molecule has 2 nitrogen and oxygen atoms in total. The van der Waals surface area contributed by atoms with E-state index in [4.69, 9.17) is 0 Å². The van der Waals surface area contributed by atoms with Crippen LogP contribution in [-0.2, 0) is 0 Å². The van der Waals surface area contributed by atoms with Crippen molar-refractivity contribution in [2.24, 2.45) is 0 Å². The molecule has 0 aliphatic carbocycles. The van der Waals surface area contributed by atoms with Crippen LogP contribution in [0.2, 0.25) is 0 Å². The molecule has 1 heterocycles. The van der Waals surface area contributed by atoms with Crippen LogP contribution >= 0.6 is 0 Å². The van der Waals surface area contributed by atoms with Gasteiger partial charge in [0.05, 0.1) is 0 Å². The number of nitrogens with zero attached hydrogens (tertiary/aromatic N) is 2. The summed E-state index contributed by atoms with van der Waals surface area (Å²) in [5, 5.41) is 1.17. The molecule has 0 aliphatic heterocycles. The number of hydrogen-bond donors (Lipinski definition) is 0. The Labute approximate surface area is 83.3 Å². The summed E-state index contributed by atoms with van der Waals surface area (Å²) >= 11 is 3.35. The molecule has 0 fully saturated rings. The van der Waals surface area contributed by atoms with E-state index in [0.29, 0.717) is 13.1 Å². The molecule has 0 aliphatic rings. The van der Waals surface area contributed by atoms with Crippen LogP contribution in [0.3, 0.4) is 0 Å². The molecule has 0 unspecified atom stereocenters. The molecular weight excluding hydrogens is 282 g/mol. The van der Waals surface area contributed by atoms with E-state index in [9.17, 15) is 0 Å². The Kier molecular flexibility index (Phi) is 2.42. The molecule has 0 amide bonds. The third-order valence-corrected chi connectivity index (χ3v) is 4.32. The van der Waals surface area contributed by atoms with Gasteiger partial charge in [-0.25, -0.2) is 0 Å². The van der Waals surface area contributed by atoms with Crippen LogP contribution in [-0.4, -0.2) is 37.3 Å². The number of benzene rings is 1. The molecule has 0 bridgehead atoms. The molecule has 2 rings (SSSR count). The van der Waals surface area contributed by atoms with E-state index in [2.05, 4.69) is 30.2 Å². The predicted molar refractivity (Wildman–Crippen MR) is 50.7 cm³/mol. The first kappa shape index (κ1) is 8.21. The third kappa shape index (κ3) is 1.39. The molecule has 0 saturated heterocycles. The first-order chi connectivity index (χ1) is 5.92. The molecule has 0 spiro atoms. The number of aromatic nitrogens is 2. The number of hydrogen-bond acceptors (Lipinski definition) is 2. The van der Waals surface area contributed by atoms with Crippen molar-refractivity contribution in [2.75, 3.05) is 0 Å². The van der Waals surface area contributed by atoms with E-state index in [1.807, 2.05) is 18.2 Å². The van der Waals surface area contributed by atoms with Crippen LogP contribution in [0.1, 0.15) is 0 Å². The van der Waals surface area contributed by atoms with Crippen molar-refractivity contribution in [3.05, 3.63) is 30.6 Å². The van der Waals surface area contributed by atoms with E-state index >= 15 is 0 Å². The topological polar surface area (TPSA) is 25.8 Å². The zero-order chi connectivity index (χ0) is 8.39. The predicted octanol–water partition coefficient (Wildman–Crippen LogP) is 0.0428. The van der Waals surface area contributed by atoms with Gasteiger partial charge in [-0.05, 0) is 0 Å². The molecule has 1 aromatic carbocycles. The van der Waals surface area contributed by atoms with Crippen LogP contribution in [0.5, 0.6) is 0 Å². The van der Waals surface area contributed by atoms with Crippen molar-refractivity contribution in [3.63, 3.8) is 0 Å². The van der Waals surface area contributed by atoms with Gasteiger partial charge in [-0.1, -0.05) is 0 Å². The van der Waals surface area contributed by atoms with Crippen molar-refractivity contribution < 1.29 is 0 Å². The molecule has 0 saturated carbocycles. The van der Waals surface area contributed by atoms with Crippen LogP contribution in [0.4, 0.5) is 0 Å². The summed E-state index contributed by atoms with van der Waals surface area (Å²) in [5.74, 6) is 0. The van der Waals surface area contributed by atoms with Crippen molar-refractivity contribution in [1.82, 2.24) is 9.97 Å². The van der Waals surface area contributed by atoms with E-state index < -0.39 is 0 Å². The average Bonchev–Trinajstić information content (AvgIpc) is 2.17. The fraction of sp³-hybridized carbons (Fsp3) is 0. The Morgan fingerprint density at radius 3 is 2.83 bits per heavy atom. The maximum atomic E-state index is 4.21. The van der Waals surface area contributed by atoms with Crippen LogP contribution in [0.25, 0.3) is 10.9 Å². The van der Waals surface area contributed by atoms with E-state index in [1.165, 1.54) is 5.39 Å². The summed E-state index contributed by atoms with van der Waals surface area (Å²) in [5.41, 5.74) is 1.03. The molecule has 1 aromatic heterocycles. The quantitative estimate of drug-likeness (QED) is 0.692. The molecule has 4 heteroatoms. The second-order valence-corrected chi connectivity index (χ2v) is 5.26. The Morgan fingerprint density at radius 1 is 1.17 bits per heavy atom. The van der Waals surface area contributed by atoms with Crippen molar-refractivity contribution >= 4 is 42.8 Å². The Bertz CT molecular complexity index is 398. The maximum absolute atomic E-state index is 4.21. The summed E-state index contributed by atoms with van der Waals surface area (Å²) in [6.45, 7) is 0. The van der Waals surface area contributed by atoms with Gasteiger partial charge in [0, 0.05) is 0 Å². The van der Waals surface area contributed by atoms with Crippen LogP contribution in [0, 0.1) is 0 Å². The fourth-order valence-electron chi connectivity index (χ4n) is 1.05. The van der Waals surface area contributed by atoms with Crippen LogP contribution in [0.15, 0.2) is 30.6 Å². The summed E-state index contributed by atoms with van der Waals surface area (Å²) in [6.07, 6.45) is 1.62. The first-order valence-corrected chi connectivity index (χ1v) is 8.60. The summed E-state index contributed by atoms with van der Waals surface area (Å²) in [7, 11) is 0. The Hall–Kier alpha value is -0.401. The van der Waals surface area contributed by atoms with Gasteiger partial charge in [0.15, 0.2) is 0 Å². The minimum atomic E-state index is 0.322. The fourth-order valence-corrected chi connectivity index (χ4v) is 3.23. The SMILES string of the molecule is [Se][Se]c1ncnc2ccccc12. The zero-order valence-electron chi connectivity index (χ0n) is 6.10. The third-order valence-electron chi connectivity index (χ3n) is 1.59. The van der Waals surface area contributed by atoms with E-state index in [1.54, 1.807) is 6.33 Å². The molecule has 12 heavy (non-hydrogen) atoms. The van der Waals surface area contributed by atoms with Gasteiger partial charge in [-0.3, -0.25) is 0 Å². The standard InChI is InChI=1S/C8H5N2Se2/c11-12-8-6-3-1-2-4-7(6)9-5-10-8/h1-5H. The van der Waals surface area contributed by atoms with E-state index in [0.717, 1.165) is 10.1 Å². The average molecular weight is 287 g/mol. The van der Waals surface area contributed by atoms with Gasteiger partial charge >= 0.3 is 83.4 Å². The second kappa shape index (κ2) is 3.54. The molecule has 59 valence electrons. The van der Waals surface area contributed by atoms with Gasteiger partial charge in [0.2, 0.25) is 0 Å². The normalized spacial score (nSPS) is 10.4. The van der Waals surface area contributed by atoms with Gasteiger partial charge in [0.25, 0.3) is 0 Å². The van der Waals surface area contributed by atoms with Gasteiger partial charge in [-0.2, -0.15) is 0 Å². The molecule has 2 aromatic rings.